The minimum absolute atomic E-state index is 0.210. The summed E-state index contributed by atoms with van der Waals surface area (Å²) in [7, 11) is 0. The van der Waals surface area contributed by atoms with Gasteiger partial charge in [-0.3, -0.25) is 0 Å². The Labute approximate surface area is 131 Å². The van der Waals surface area contributed by atoms with E-state index in [1.54, 1.807) is 6.07 Å². The lowest BCUT2D eigenvalue weighted by Crippen LogP contribution is -2.40. The van der Waals surface area contributed by atoms with Crippen LogP contribution in [0.3, 0.4) is 0 Å². The molecule has 0 saturated heterocycles. The highest BCUT2D eigenvalue weighted by atomic mass is 16.3. The Morgan fingerprint density at radius 1 is 0.818 bits per heavy atom. The Morgan fingerprint density at radius 2 is 1.55 bits per heavy atom. The van der Waals surface area contributed by atoms with Crippen molar-refractivity contribution in [2.45, 2.75) is 56.8 Å². The Bertz CT molecular complexity index is 692. The molecular weight excluding hydrogens is 272 g/mol. The van der Waals surface area contributed by atoms with Crippen molar-refractivity contribution in [3.63, 3.8) is 0 Å². The van der Waals surface area contributed by atoms with Crippen molar-refractivity contribution >= 4 is 10.8 Å². The van der Waals surface area contributed by atoms with Gasteiger partial charge in [0.2, 0.25) is 0 Å². The van der Waals surface area contributed by atoms with Crippen LogP contribution in [0.15, 0.2) is 30.3 Å². The smallest absolute Gasteiger partial charge is 0.123 e. The van der Waals surface area contributed by atoms with Crippen LogP contribution in [-0.2, 0) is 5.41 Å². The molecule has 22 heavy (non-hydrogen) atoms. The first kappa shape index (κ1) is 13.9. The molecule has 2 heteroatoms. The highest BCUT2D eigenvalue weighted by Crippen LogP contribution is 2.54. The van der Waals surface area contributed by atoms with Gasteiger partial charge in [-0.25, -0.2) is 0 Å². The monoisotopic (exact) mass is 296 g/mol. The summed E-state index contributed by atoms with van der Waals surface area (Å²) in [6.45, 7) is 0. The van der Waals surface area contributed by atoms with Crippen LogP contribution in [0.1, 0.15) is 56.9 Å². The van der Waals surface area contributed by atoms with Gasteiger partial charge in [0.05, 0.1) is 0 Å². The summed E-state index contributed by atoms with van der Waals surface area (Å²) in [6, 6.07) is 9.40. The number of phenols is 2. The predicted molar refractivity (Wildman–Crippen MR) is 89.4 cm³/mol. The summed E-state index contributed by atoms with van der Waals surface area (Å²) in [5, 5.41) is 22.4. The third kappa shape index (κ3) is 1.93. The summed E-state index contributed by atoms with van der Waals surface area (Å²) in [5.74, 6) is 1.32. The second kappa shape index (κ2) is 5.19. The molecule has 0 spiro atoms. The van der Waals surface area contributed by atoms with Crippen LogP contribution >= 0.6 is 0 Å². The lowest BCUT2D eigenvalue weighted by molar-refractivity contribution is 0.125. The Morgan fingerprint density at radius 3 is 2.27 bits per heavy atom. The largest absolute Gasteiger partial charge is 0.507 e. The third-order valence-corrected chi connectivity index (χ3v) is 6.16. The number of hydrogen-bond acceptors (Lipinski definition) is 2. The van der Waals surface area contributed by atoms with Crippen molar-refractivity contribution in [1.29, 1.82) is 0 Å². The number of fused-ring (bicyclic) bond motifs is 2. The van der Waals surface area contributed by atoms with E-state index in [0.717, 1.165) is 16.7 Å². The van der Waals surface area contributed by atoms with E-state index in [1.165, 1.54) is 56.9 Å². The Hall–Kier alpha value is -1.70. The first-order valence-corrected chi connectivity index (χ1v) is 8.66. The maximum Gasteiger partial charge on any atom is 0.123 e. The zero-order valence-electron chi connectivity index (χ0n) is 13.0. The van der Waals surface area contributed by atoms with Crippen LogP contribution in [0.2, 0.25) is 0 Å². The molecule has 2 aliphatic carbocycles. The molecule has 0 aliphatic heterocycles. The number of rotatable bonds is 1. The van der Waals surface area contributed by atoms with Crippen LogP contribution in [0.4, 0.5) is 0 Å². The van der Waals surface area contributed by atoms with Crippen LogP contribution in [-0.4, -0.2) is 10.2 Å². The van der Waals surface area contributed by atoms with E-state index in [1.807, 2.05) is 18.2 Å². The molecule has 2 nitrogen and oxygen atoms in total. The Balaban J connectivity index is 1.98. The van der Waals surface area contributed by atoms with Gasteiger partial charge in [-0.2, -0.15) is 0 Å². The van der Waals surface area contributed by atoms with E-state index >= 15 is 0 Å². The molecule has 0 unspecified atom stereocenters. The van der Waals surface area contributed by atoms with Crippen molar-refractivity contribution in [2.24, 2.45) is 5.92 Å². The lowest BCUT2D eigenvalue weighted by atomic mass is 9.56. The van der Waals surface area contributed by atoms with E-state index < -0.39 is 0 Å². The molecular formula is C20H24O2. The lowest BCUT2D eigenvalue weighted by Gasteiger charge is -2.48. The Kier molecular flexibility index (Phi) is 3.28. The molecule has 2 fully saturated rings. The van der Waals surface area contributed by atoms with Gasteiger partial charge in [-0.15, -0.1) is 0 Å². The van der Waals surface area contributed by atoms with Gasteiger partial charge in [0.15, 0.2) is 0 Å². The quantitative estimate of drug-likeness (QED) is 0.754. The van der Waals surface area contributed by atoms with E-state index in [0.29, 0.717) is 5.75 Å². The molecule has 2 aromatic rings. The summed E-state index contributed by atoms with van der Waals surface area (Å²) in [4.78, 5) is 0. The molecule has 0 heterocycles. The average Bonchev–Trinajstić information content (AvgIpc) is 2.56. The van der Waals surface area contributed by atoms with Crippen LogP contribution in [0.25, 0.3) is 10.8 Å². The van der Waals surface area contributed by atoms with Crippen molar-refractivity contribution in [2.75, 3.05) is 0 Å². The number of hydrogen-bond donors (Lipinski definition) is 2. The zero-order valence-corrected chi connectivity index (χ0v) is 13.0. The molecule has 2 aliphatic rings. The fourth-order valence-corrected chi connectivity index (χ4v) is 5.17. The minimum Gasteiger partial charge on any atom is -0.507 e. The normalized spacial score (nSPS) is 28.5. The van der Waals surface area contributed by atoms with Gasteiger partial charge in [0.25, 0.3) is 0 Å². The van der Waals surface area contributed by atoms with Crippen LogP contribution in [0, 0.1) is 5.92 Å². The van der Waals surface area contributed by atoms with E-state index in [2.05, 4.69) is 6.07 Å². The first-order valence-electron chi connectivity index (χ1n) is 8.66. The zero-order chi connectivity index (χ0) is 15.2. The SMILES string of the molecule is Oc1ccc(C23CCCCC2CCCC3)c2c(O)cccc12. The van der Waals surface area contributed by atoms with Gasteiger partial charge < -0.3 is 10.2 Å². The topological polar surface area (TPSA) is 40.5 Å². The molecule has 0 atom stereocenters. The van der Waals surface area contributed by atoms with Crippen molar-refractivity contribution in [1.82, 2.24) is 0 Å². The van der Waals surface area contributed by atoms with Crippen LogP contribution < -0.4 is 0 Å². The molecule has 0 aromatic heterocycles. The molecule has 2 aromatic carbocycles. The van der Waals surface area contributed by atoms with Gasteiger partial charge in [0.1, 0.15) is 11.5 Å². The highest BCUT2D eigenvalue weighted by molar-refractivity contribution is 5.96. The van der Waals surface area contributed by atoms with Gasteiger partial charge in [0, 0.05) is 10.8 Å². The number of benzene rings is 2. The fourth-order valence-electron chi connectivity index (χ4n) is 5.17. The second-order valence-corrected chi connectivity index (χ2v) is 7.18. The standard InChI is InChI=1S/C20H24O2/c21-17-11-10-16(19-15(17)8-5-9-18(19)22)20-12-3-1-6-14(20)7-2-4-13-20/h5,8-11,14,21-22H,1-4,6-7,12-13H2. The molecule has 0 amide bonds. The van der Waals surface area contributed by atoms with Crippen molar-refractivity contribution in [3.8, 4) is 11.5 Å². The third-order valence-electron chi connectivity index (χ3n) is 6.16. The molecule has 2 N–H and O–H groups in total. The van der Waals surface area contributed by atoms with E-state index in [-0.39, 0.29) is 11.2 Å². The summed E-state index contributed by atoms with van der Waals surface area (Å²) in [5.41, 5.74) is 1.49. The van der Waals surface area contributed by atoms with Gasteiger partial charge in [-0.1, -0.05) is 43.9 Å². The summed E-state index contributed by atoms with van der Waals surface area (Å²) < 4.78 is 0. The van der Waals surface area contributed by atoms with E-state index in [4.69, 9.17) is 0 Å². The van der Waals surface area contributed by atoms with Gasteiger partial charge >= 0.3 is 0 Å². The fraction of sp³-hybridized carbons (Fsp3) is 0.500. The first-order chi connectivity index (χ1) is 10.7. The molecule has 0 radical (unpaired) electrons. The van der Waals surface area contributed by atoms with Gasteiger partial charge in [-0.05, 0) is 54.7 Å². The average molecular weight is 296 g/mol. The van der Waals surface area contributed by atoms with Crippen LogP contribution in [0.5, 0.6) is 11.5 Å². The predicted octanol–water partition coefficient (Wildman–Crippen LogP) is 5.25. The molecule has 4 rings (SSSR count). The summed E-state index contributed by atoms with van der Waals surface area (Å²) >= 11 is 0. The minimum atomic E-state index is 0.210. The summed E-state index contributed by atoms with van der Waals surface area (Å²) in [6.07, 6.45) is 10.3. The molecule has 2 saturated carbocycles. The van der Waals surface area contributed by atoms with Crippen molar-refractivity contribution < 1.29 is 10.2 Å². The number of aromatic hydroxyl groups is 2. The van der Waals surface area contributed by atoms with E-state index in [9.17, 15) is 10.2 Å². The van der Waals surface area contributed by atoms with Crippen molar-refractivity contribution in [3.05, 3.63) is 35.9 Å². The molecule has 116 valence electrons. The molecule has 0 bridgehead atoms. The highest BCUT2D eigenvalue weighted by Gasteiger charge is 2.44. The second-order valence-electron chi connectivity index (χ2n) is 7.18. The maximum absolute atomic E-state index is 10.5. The number of phenolic OH excluding ortho intramolecular Hbond substituents is 2. The maximum atomic E-state index is 10.5.